The summed E-state index contributed by atoms with van der Waals surface area (Å²) in [6.07, 6.45) is 5.37. The molecule has 0 radical (unpaired) electrons. The van der Waals surface area contributed by atoms with Crippen molar-refractivity contribution in [3.8, 4) is 11.5 Å². The minimum atomic E-state index is -1.56. The van der Waals surface area contributed by atoms with E-state index in [1.807, 2.05) is 24.1 Å². The number of halogens is 3. The summed E-state index contributed by atoms with van der Waals surface area (Å²) in [4.78, 5) is 15.3. The fourth-order valence-corrected chi connectivity index (χ4v) is 4.19. The van der Waals surface area contributed by atoms with E-state index in [4.69, 9.17) is 14.2 Å². The minimum absolute atomic E-state index is 0.292. The van der Waals surface area contributed by atoms with Gasteiger partial charge in [-0.2, -0.15) is 4.39 Å². The van der Waals surface area contributed by atoms with Gasteiger partial charge in [0.2, 0.25) is 11.6 Å². The maximum atomic E-state index is 14.2. The minimum Gasteiger partial charge on any atom is -0.497 e. The van der Waals surface area contributed by atoms with Gasteiger partial charge < -0.3 is 19.1 Å². The number of methoxy groups -OCH3 is 2. The Labute approximate surface area is 177 Å². The van der Waals surface area contributed by atoms with Crippen molar-refractivity contribution in [1.29, 1.82) is 0 Å². The highest BCUT2D eigenvalue weighted by molar-refractivity contribution is 5.87. The Balaban J connectivity index is 1.83. The Bertz CT molecular complexity index is 1100. The third kappa shape index (κ3) is 3.41. The second kappa shape index (κ2) is 8.02. The fraction of sp³-hybridized carbons (Fsp3) is 0.261. The van der Waals surface area contributed by atoms with E-state index < -0.39 is 41.0 Å². The zero-order chi connectivity index (χ0) is 22.3. The van der Waals surface area contributed by atoms with Crippen LogP contribution in [0.5, 0.6) is 11.5 Å². The first-order chi connectivity index (χ1) is 14.9. The maximum absolute atomic E-state index is 14.2. The van der Waals surface area contributed by atoms with Crippen molar-refractivity contribution in [2.45, 2.75) is 12.0 Å². The predicted molar refractivity (Wildman–Crippen MR) is 108 cm³/mol. The summed E-state index contributed by atoms with van der Waals surface area (Å²) in [5.74, 6) is -6.37. The SMILES string of the molecule is COC1=CC2C(C=C1)C(C(=O)Oc1c(F)ccc(F)c1F)c1c(OC)cccc1N2C. The van der Waals surface area contributed by atoms with Gasteiger partial charge in [0.1, 0.15) is 11.5 Å². The van der Waals surface area contributed by atoms with Gasteiger partial charge in [0.25, 0.3) is 0 Å². The Morgan fingerprint density at radius 2 is 1.77 bits per heavy atom. The van der Waals surface area contributed by atoms with Gasteiger partial charge in [-0.25, -0.2) is 8.78 Å². The summed E-state index contributed by atoms with van der Waals surface area (Å²) >= 11 is 0. The standard InChI is InChI=1S/C23H20F3NO4/c1-27-16-5-4-6-18(30-3)20(16)19(13-8-7-12(29-2)11-17(13)27)23(28)31-22-15(25)10-9-14(24)21(22)26/h4-11,13,17,19H,1-3H3. The molecule has 0 spiro atoms. The van der Waals surface area contributed by atoms with E-state index >= 15 is 0 Å². The van der Waals surface area contributed by atoms with Crippen LogP contribution in [0.1, 0.15) is 11.5 Å². The van der Waals surface area contributed by atoms with Gasteiger partial charge in [-0.15, -0.1) is 0 Å². The molecule has 1 heterocycles. The van der Waals surface area contributed by atoms with Gasteiger partial charge in [-0.1, -0.05) is 12.1 Å². The molecule has 0 saturated carbocycles. The zero-order valence-corrected chi connectivity index (χ0v) is 17.1. The van der Waals surface area contributed by atoms with Gasteiger partial charge >= 0.3 is 5.97 Å². The molecule has 0 aromatic heterocycles. The molecular weight excluding hydrogens is 411 g/mol. The Morgan fingerprint density at radius 3 is 2.48 bits per heavy atom. The first-order valence-electron chi connectivity index (χ1n) is 9.56. The smallest absolute Gasteiger partial charge is 0.319 e. The average molecular weight is 431 g/mol. The molecule has 162 valence electrons. The Hall–Kier alpha value is -3.42. The zero-order valence-electron chi connectivity index (χ0n) is 17.1. The molecule has 0 fully saturated rings. The number of allylic oxidation sites excluding steroid dienone is 1. The number of likely N-dealkylation sites (N-methyl/N-ethyl adjacent to an activating group) is 1. The maximum Gasteiger partial charge on any atom is 0.319 e. The normalized spacial score (nSPS) is 21.7. The van der Waals surface area contributed by atoms with E-state index in [9.17, 15) is 18.0 Å². The van der Waals surface area contributed by atoms with E-state index in [2.05, 4.69) is 0 Å². The molecule has 2 aromatic rings. The molecule has 0 bridgehead atoms. The molecule has 0 N–H and O–H groups in total. The van der Waals surface area contributed by atoms with Crippen molar-refractivity contribution in [3.05, 3.63) is 77.3 Å². The number of hydrogen-bond acceptors (Lipinski definition) is 5. The number of carbonyl (C=O) groups is 1. The van der Waals surface area contributed by atoms with Crippen molar-refractivity contribution in [2.75, 3.05) is 26.2 Å². The third-order valence-electron chi connectivity index (χ3n) is 5.69. The number of anilines is 1. The molecule has 1 aliphatic heterocycles. The van der Waals surface area contributed by atoms with Crippen LogP contribution in [0.2, 0.25) is 0 Å². The van der Waals surface area contributed by atoms with Gasteiger partial charge in [-0.3, -0.25) is 4.79 Å². The van der Waals surface area contributed by atoms with Crippen LogP contribution in [0.3, 0.4) is 0 Å². The van der Waals surface area contributed by atoms with Crippen LogP contribution in [-0.2, 0) is 9.53 Å². The summed E-state index contributed by atoms with van der Waals surface area (Å²) in [6.45, 7) is 0. The largest absolute Gasteiger partial charge is 0.497 e. The molecule has 3 unspecified atom stereocenters. The molecule has 0 saturated heterocycles. The Kier molecular flexibility index (Phi) is 5.39. The number of hydrogen-bond donors (Lipinski definition) is 0. The topological polar surface area (TPSA) is 48.0 Å². The van der Waals surface area contributed by atoms with Crippen LogP contribution < -0.4 is 14.4 Å². The summed E-state index contributed by atoms with van der Waals surface area (Å²) in [6, 6.07) is 6.34. The number of ether oxygens (including phenoxy) is 3. The van der Waals surface area contributed by atoms with Crippen molar-refractivity contribution in [2.24, 2.45) is 5.92 Å². The quantitative estimate of drug-likeness (QED) is 0.410. The van der Waals surface area contributed by atoms with Gasteiger partial charge in [0.15, 0.2) is 11.6 Å². The molecule has 3 atom stereocenters. The summed E-state index contributed by atoms with van der Waals surface area (Å²) in [5.41, 5.74) is 1.22. The highest BCUT2D eigenvalue weighted by atomic mass is 19.2. The van der Waals surface area contributed by atoms with Crippen LogP contribution in [-0.4, -0.2) is 33.3 Å². The fourth-order valence-electron chi connectivity index (χ4n) is 4.19. The monoisotopic (exact) mass is 431 g/mol. The van der Waals surface area contributed by atoms with Gasteiger partial charge in [-0.05, 0) is 36.4 Å². The number of nitrogens with zero attached hydrogens (tertiary/aromatic N) is 1. The molecule has 5 nitrogen and oxygen atoms in total. The molecule has 4 rings (SSSR count). The average Bonchev–Trinajstić information content (AvgIpc) is 2.79. The van der Waals surface area contributed by atoms with Crippen molar-refractivity contribution in [3.63, 3.8) is 0 Å². The van der Waals surface area contributed by atoms with Crippen LogP contribution in [0.15, 0.2) is 54.3 Å². The number of rotatable bonds is 4. The van der Waals surface area contributed by atoms with Crippen LogP contribution in [0.4, 0.5) is 18.9 Å². The lowest BCUT2D eigenvalue weighted by Crippen LogP contribution is -2.47. The molecular formula is C23H20F3NO4. The lowest BCUT2D eigenvalue weighted by Gasteiger charge is -2.44. The molecule has 2 aliphatic rings. The summed E-state index contributed by atoms with van der Waals surface area (Å²) in [7, 11) is 4.87. The lowest BCUT2D eigenvalue weighted by atomic mass is 9.74. The van der Waals surface area contributed by atoms with E-state index in [1.165, 1.54) is 14.2 Å². The summed E-state index contributed by atoms with van der Waals surface area (Å²) < 4.78 is 57.8. The van der Waals surface area contributed by atoms with Crippen LogP contribution in [0, 0.1) is 23.4 Å². The van der Waals surface area contributed by atoms with E-state index in [0.29, 0.717) is 34.9 Å². The molecule has 8 heteroatoms. The van der Waals surface area contributed by atoms with E-state index in [1.54, 1.807) is 24.3 Å². The second-order valence-electron chi connectivity index (χ2n) is 7.28. The summed E-state index contributed by atoms with van der Waals surface area (Å²) in [5, 5.41) is 0. The molecule has 0 amide bonds. The van der Waals surface area contributed by atoms with Crippen molar-refractivity contribution >= 4 is 11.7 Å². The van der Waals surface area contributed by atoms with Crippen molar-refractivity contribution < 1.29 is 32.2 Å². The number of fused-ring (bicyclic) bond motifs is 2. The van der Waals surface area contributed by atoms with E-state index in [-0.39, 0.29) is 6.04 Å². The van der Waals surface area contributed by atoms with Crippen molar-refractivity contribution in [1.82, 2.24) is 0 Å². The molecule has 2 aromatic carbocycles. The molecule has 1 aliphatic carbocycles. The number of carbonyl (C=O) groups excluding carboxylic acids is 1. The second-order valence-corrected chi connectivity index (χ2v) is 7.28. The van der Waals surface area contributed by atoms with Crippen LogP contribution in [0.25, 0.3) is 0 Å². The third-order valence-corrected chi connectivity index (χ3v) is 5.69. The van der Waals surface area contributed by atoms with Gasteiger partial charge in [0, 0.05) is 24.2 Å². The number of esters is 1. The lowest BCUT2D eigenvalue weighted by molar-refractivity contribution is -0.137. The predicted octanol–water partition coefficient (Wildman–Crippen LogP) is 4.34. The van der Waals surface area contributed by atoms with E-state index in [0.717, 1.165) is 0 Å². The van der Waals surface area contributed by atoms with Gasteiger partial charge in [0.05, 0.1) is 26.2 Å². The highest BCUT2D eigenvalue weighted by Gasteiger charge is 2.45. The Morgan fingerprint density at radius 1 is 1.03 bits per heavy atom. The first-order valence-corrected chi connectivity index (χ1v) is 9.56. The first kappa shape index (κ1) is 20.8. The number of benzene rings is 2. The van der Waals surface area contributed by atoms with Crippen LogP contribution >= 0.6 is 0 Å². The molecule has 31 heavy (non-hydrogen) atoms. The highest BCUT2D eigenvalue weighted by Crippen LogP contribution is 2.48.